The van der Waals surface area contributed by atoms with Gasteiger partial charge in [-0.05, 0) is 30.4 Å². The number of nitrogens with zero attached hydrogens (tertiary/aromatic N) is 4. The predicted molar refractivity (Wildman–Crippen MR) is 66.8 cm³/mol. The van der Waals surface area contributed by atoms with E-state index in [0.717, 1.165) is 25.3 Å². The fraction of sp³-hybridized carbons (Fsp3) is 0.615. The summed E-state index contributed by atoms with van der Waals surface area (Å²) in [5.41, 5.74) is 0.324. The van der Waals surface area contributed by atoms with E-state index < -0.39 is 0 Å². The molecule has 1 aromatic heterocycles. The number of aromatic nitrogens is 2. The average Bonchev–Trinajstić information content (AvgIpc) is 2.82. The van der Waals surface area contributed by atoms with Gasteiger partial charge in [0, 0.05) is 13.1 Å². The van der Waals surface area contributed by atoms with Gasteiger partial charge in [-0.2, -0.15) is 5.26 Å². The first kappa shape index (κ1) is 12.7. The van der Waals surface area contributed by atoms with Gasteiger partial charge in [0.05, 0.1) is 6.67 Å². The molecule has 96 valence electrons. The van der Waals surface area contributed by atoms with Crippen molar-refractivity contribution in [1.29, 1.82) is 5.26 Å². The Hall–Kier alpha value is -1.70. The number of hydrogen-bond donors (Lipinski definition) is 0. The van der Waals surface area contributed by atoms with Crippen LogP contribution in [0.15, 0.2) is 12.1 Å². The Bertz CT molecular complexity index is 426. The van der Waals surface area contributed by atoms with Gasteiger partial charge < -0.3 is 4.90 Å². The fourth-order valence-electron chi connectivity index (χ4n) is 2.61. The van der Waals surface area contributed by atoms with Gasteiger partial charge in [-0.3, -0.25) is 4.39 Å². The molecule has 5 heteroatoms. The number of nitriles is 1. The quantitative estimate of drug-likeness (QED) is 0.819. The molecule has 4 nitrogen and oxygen atoms in total. The molecule has 1 fully saturated rings. The summed E-state index contributed by atoms with van der Waals surface area (Å²) in [6.45, 7) is 3.63. The fourth-order valence-corrected chi connectivity index (χ4v) is 2.61. The van der Waals surface area contributed by atoms with Gasteiger partial charge in [-0.15, -0.1) is 10.2 Å². The van der Waals surface area contributed by atoms with Crippen molar-refractivity contribution < 1.29 is 4.39 Å². The lowest BCUT2D eigenvalue weighted by Crippen LogP contribution is -2.21. The molecule has 0 N–H and O–H groups in total. The van der Waals surface area contributed by atoms with Gasteiger partial charge in [0.2, 0.25) is 0 Å². The third kappa shape index (κ3) is 2.58. The molecule has 2 atom stereocenters. The smallest absolute Gasteiger partial charge is 0.163 e. The first-order valence-electron chi connectivity index (χ1n) is 6.33. The molecule has 0 amide bonds. The highest BCUT2D eigenvalue weighted by atomic mass is 19.1. The van der Waals surface area contributed by atoms with Crippen LogP contribution in [-0.4, -0.2) is 30.0 Å². The molecule has 1 aliphatic heterocycles. The summed E-state index contributed by atoms with van der Waals surface area (Å²) in [6.07, 6.45) is 1.68. The van der Waals surface area contributed by atoms with E-state index in [-0.39, 0.29) is 6.67 Å². The summed E-state index contributed by atoms with van der Waals surface area (Å²) in [7, 11) is 0. The standard InChI is InChI=1S/C13H17FN4/c1-2-10-8-18(9-11(10)5-6-14)13-4-3-12(7-15)16-17-13/h3-4,10-11H,2,5-6,8-9H2,1H3. The predicted octanol–water partition coefficient (Wildman–Crippen LogP) is 2.17. The van der Waals surface area contributed by atoms with Crippen LogP contribution in [0, 0.1) is 23.2 Å². The van der Waals surface area contributed by atoms with Crippen molar-refractivity contribution in [3.8, 4) is 6.07 Å². The highest BCUT2D eigenvalue weighted by Crippen LogP contribution is 2.31. The minimum atomic E-state index is -0.256. The van der Waals surface area contributed by atoms with Crippen LogP contribution in [0.1, 0.15) is 25.5 Å². The Morgan fingerprint density at radius 1 is 1.39 bits per heavy atom. The van der Waals surface area contributed by atoms with Crippen LogP contribution in [0.3, 0.4) is 0 Å². The average molecular weight is 248 g/mol. The third-order valence-electron chi connectivity index (χ3n) is 3.67. The van der Waals surface area contributed by atoms with Crippen molar-refractivity contribution in [3.63, 3.8) is 0 Å². The Labute approximate surface area is 106 Å². The normalized spacial score (nSPS) is 23.1. The molecule has 0 spiro atoms. The zero-order valence-corrected chi connectivity index (χ0v) is 10.5. The van der Waals surface area contributed by atoms with E-state index in [1.807, 2.05) is 12.1 Å². The molecule has 1 saturated heterocycles. The molecule has 0 aliphatic carbocycles. The van der Waals surface area contributed by atoms with Crippen molar-refractivity contribution >= 4 is 5.82 Å². The molecular formula is C13H17FN4. The van der Waals surface area contributed by atoms with Gasteiger partial charge in [0.25, 0.3) is 0 Å². The van der Waals surface area contributed by atoms with Gasteiger partial charge in [0.1, 0.15) is 6.07 Å². The molecular weight excluding hydrogens is 231 g/mol. The van der Waals surface area contributed by atoms with Crippen molar-refractivity contribution in [3.05, 3.63) is 17.8 Å². The van der Waals surface area contributed by atoms with Crippen LogP contribution in [-0.2, 0) is 0 Å². The SMILES string of the molecule is CCC1CN(c2ccc(C#N)nn2)CC1CCF. The van der Waals surface area contributed by atoms with Crippen LogP contribution in [0.5, 0.6) is 0 Å². The molecule has 0 saturated carbocycles. The molecule has 2 heterocycles. The van der Waals surface area contributed by atoms with Gasteiger partial charge in [-0.1, -0.05) is 13.3 Å². The van der Waals surface area contributed by atoms with E-state index in [2.05, 4.69) is 22.0 Å². The molecule has 1 aromatic rings. The first-order chi connectivity index (χ1) is 8.78. The van der Waals surface area contributed by atoms with Gasteiger partial charge >= 0.3 is 0 Å². The van der Waals surface area contributed by atoms with E-state index in [4.69, 9.17) is 5.26 Å². The van der Waals surface area contributed by atoms with E-state index in [1.165, 1.54) is 0 Å². The molecule has 18 heavy (non-hydrogen) atoms. The molecule has 0 bridgehead atoms. The summed E-state index contributed by atoms with van der Waals surface area (Å²) < 4.78 is 12.5. The van der Waals surface area contributed by atoms with Crippen molar-refractivity contribution in [2.75, 3.05) is 24.7 Å². The van der Waals surface area contributed by atoms with Crippen LogP contribution in [0.4, 0.5) is 10.2 Å². The topological polar surface area (TPSA) is 52.8 Å². The van der Waals surface area contributed by atoms with Crippen LogP contribution in [0.2, 0.25) is 0 Å². The largest absolute Gasteiger partial charge is 0.355 e. The highest BCUT2D eigenvalue weighted by Gasteiger charge is 2.31. The maximum Gasteiger partial charge on any atom is 0.163 e. The maximum absolute atomic E-state index is 12.5. The number of halogens is 1. The third-order valence-corrected chi connectivity index (χ3v) is 3.67. The highest BCUT2D eigenvalue weighted by molar-refractivity contribution is 5.40. The lowest BCUT2D eigenvalue weighted by molar-refractivity contribution is 0.334. The lowest BCUT2D eigenvalue weighted by Gasteiger charge is -2.16. The zero-order valence-electron chi connectivity index (χ0n) is 10.5. The van der Waals surface area contributed by atoms with Crippen molar-refractivity contribution in [2.45, 2.75) is 19.8 Å². The van der Waals surface area contributed by atoms with Crippen LogP contribution >= 0.6 is 0 Å². The zero-order chi connectivity index (χ0) is 13.0. The summed E-state index contributed by atoms with van der Waals surface area (Å²) in [5.74, 6) is 1.71. The van der Waals surface area contributed by atoms with E-state index in [0.29, 0.717) is 24.0 Å². The lowest BCUT2D eigenvalue weighted by atomic mass is 9.91. The monoisotopic (exact) mass is 248 g/mol. The van der Waals surface area contributed by atoms with Crippen LogP contribution < -0.4 is 4.90 Å². The molecule has 0 aromatic carbocycles. The van der Waals surface area contributed by atoms with Crippen molar-refractivity contribution in [1.82, 2.24) is 10.2 Å². The van der Waals surface area contributed by atoms with Crippen molar-refractivity contribution in [2.24, 2.45) is 11.8 Å². The Balaban J connectivity index is 2.08. The second-order valence-electron chi connectivity index (χ2n) is 4.70. The second kappa shape index (κ2) is 5.76. The van der Waals surface area contributed by atoms with Gasteiger partial charge in [0.15, 0.2) is 11.5 Å². The number of alkyl halides is 1. The first-order valence-corrected chi connectivity index (χ1v) is 6.33. The van der Waals surface area contributed by atoms with E-state index in [9.17, 15) is 4.39 Å². The number of anilines is 1. The summed E-state index contributed by atoms with van der Waals surface area (Å²) in [4.78, 5) is 2.14. The Morgan fingerprint density at radius 2 is 2.17 bits per heavy atom. The van der Waals surface area contributed by atoms with Gasteiger partial charge in [-0.25, -0.2) is 0 Å². The molecule has 2 rings (SSSR count). The summed E-state index contributed by atoms with van der Waals surface area (Å²) in [6, 6.07) is 5.44. The Kier molecular flexibility index (Phi) is 4.08. The minimum absolute atomic E-state index is 0.256. The summed E-state index contributed by atoms with van der Waals surface area (Å²) >= 11 is 0. The summed E-state index contributed by atoms with van der Waals surface area (Å²) in [5, 5.41) is 16.6. The van der Waals surface area contributed by atoms with Crippen LogP contribution in [0.25, 0.3) is 0 Å². The number of hydrogen-bond acceptors (Lipinski definition) is 4. The minimum Gasteiger partial charge on any atom is -0.355 e. The molecule has 1 aliphatic rings. The Morgan fingerprint density at radius 3 is 2.72 bits per heavy atom. The molecule has 0 radical (unpaired) electrons. The van der Waals surface area contributed by atoms with E-state index >= 15 is 0 Å². The molecule has 2 unspecified atom stereocenters. The number of rotatable bonds is 4. The van der Waals surface area contributed by atoms with E-state index in [1.54, 1.807) is 6.07 Å². The second-order valence-corrected chi connectivity index (χ2v) is 4.70. The maximum atomic E-state index is 12.5.